The van der Waals surface area contributed by atoms with Crippen molar-refractivity contribution in [3.63, 3.8) is 0 Å². The summed E-state index contributed by atoms with van der Waals surface area (Å²) >= 11 is 9.28. The summed E-state index contributed by atoms with van der Waals surface area (Å²) in [5, 5.41) is 4.65. The molecule has 684 valence electrons. The van der Waals surface area contributed by atoms with Crippen LogP contribution < -0.4 is 5.32 Å². The molecule has 2 fully saturated rings. The molecule has 1 aliphatic heterocycles. The van der Waals surface area contributed by atoms with Crippen LogP contribution in [0.4, 0.5) is 0 Å². The standard InChI is InChI=1S/4C11H16.2C10H14.C9H18.C8H7N.C8H17N.C8H11N.C6H14.5C2H6.2CH3Cl/c4*1-9(2)10(3)11-7-5-4-6-8-11;2*1-9(2)8-10-6-4-3-5-7-10;1-8(2)9-6-4-3-5-7-9;1-2-4-8-7(3-1)5-6-9-8;1-7(2)8-3-5-9-6-4-8;1-7(2)8-4-3-5-9-6-8;1-5(2)6(3)4;7*1-2/h4*4-10H,1-3H3;2*3-7,9H,8H2,1-2H3;8-9H,3-7H2,1-2H3;1-6,9H;7-9H,3-6H2,1-2H3;3-7H,1-2H3;5-6H,1-4H3;5*1-2H3;2*1H3. The van der Waals surface area contributed by atoms with E-state index in [1.165, 1.54) is 133 Å². The maximum absolute atomic E-state index is 4.64. The Bertz CT molecular complexity index is 3030. The summed E-state index contributed by atoms with van der Waals surface area (Å²) in [6.45, 7) is 81.3. The number of rotatable bonds is 16. The fraction of sp³-hybridized carbons (Fsp3) is 0.574. The number of halogens is 2. The molecule has 0 amide bonds. The predicted octanol–water partition coefficient (Wildman–Crippen LogP) is 37.9. The van der Waals surface area contributed by atoms with Gasteiger partial charge in [0.25, 0.3) is 0 Å². The predicted molar refractivity (Wildman–Crippen MR) is 557 cm³/mol. The number of nitrogens with zero attached hydrogens (tertiary/aromatic N) is 1. The number of hydrogen-bond donors (Lipinski definition) is 2. The average molecular weight is 1690 g/mol. The summed E-state index contributed by atoms with van der Waals surface area (Å²) in [7, 11) is 0. The van der Waals surface area contributed by atoms with E-state index in [2.05, 4.69) is 425 Å². The highest BCUT2D eigenvalue weighted by molar-refractivity contribution is 6.15. The highest BCUT2D eigenvalue weighted by Gasteiger charge is 2.17. The SMILES string of the molecule is CC.CC.CC.CC.CC.CC(C)C(C)C.CC(C)C(C)c1ccccc1.CC(C)C(C)c1ccccc1.CC(C)C(C)c1ccccc1.CC(C)C(C)c1ccccc1.CC(C)C1CCCCC1.CC(C)C1CCNCC1.CC(C)Cc1ccccc1.CC(C)Cc1ccccc1.CC(C)c1cccnc1.CCl.CCl.c1ccc2[nH]ccc2c1. The molecule has 7 aromatic carbocycles. The van der Waals surface area contributed by atoms with E-state index in [-0.39, 0.29) is 0 Å². The van der Waals surface area contributed by atoms with Gasteiger partial charge in [-0.15, -0.1) is 23.2 Å². The number of aromatic amines is 1. The van der Waals surface area contributed by atoms with Gasteiger partial charge in [-0.1, -0.05) is 488 Å². The lowest BCUT2D eigenvalue weighted by Gasteiger charge is -2.25. The summed E-state index contributed by atoms with van der Waals surface area (Å²) in [6, 6.07) is 78.3. The van der Waals surface area contributed by atoms with Gasteiger partial charge in [0, 0.05) is 36.9 Å². The van der Waals surface area contributed by atoms with Gasteiger partial charge in [-0.25, -0.2) is 0 Å². The first-order chi connectivity index (χ1) is 57.5. The van der Waals surface area contributed by atoms with Crippen LogP contribution in [0.5, 0.6) is 0 Å². The number of aromatic nitrogens is 2. The second-order valence-corrected chi connectivity index (χ2v) is 33.9. The molecule has 9 aromatic rings. The molecule has 11 rings (SSSR count). The van der Waals surface area contributed by atoms with E-state index < -0.39 is 0 Å². The summed E-state index contributed by atoms with van der Waals surface area (Å²) in [4.78, 5) is 7.13. The molecule has 1 saturated heterocycles. The minimum atomic E-state index is 0.596. The van der Waals surface area contributed by atoms with Crippen LogP contribution in [0.3, 0.4) is 0 Å². The van der Waals surface area contributed by atoms with Crippen molar-refractivity contribution >= 4 is 34.1 Å². The van der Waals surface area contributed by atoms with Gasteiger partial charge >= 0.3 is 0 Å². The van der Waals surface area contributed by atoms with Gasteiger partial charge < -0.3 is 10.3 Å². The third-order valence-electron chi connectivity index (χ3n) is 21.3. The monoisotopic (exact) mass is 1690 g/mol. The zero-order valence-electron chi connectivity index (χ0n) is 85.4. The number of benzene rings is 7. The maximum Gasteiger partial charge on any atom is 0.0453 e. The van der Waals surface area contributed by atoms with Crippen LogP contribution in [0.2, 0.25) is 0 Å². The molecule has 1 saturated carbocycles. The molecule has 4 atom stereocenters. The van der Waals surface area contributed by atoms with E-state index in [1.54, 1.807) is 6.20 Å². The molecule has 120 heavy (non-hydrogen) atoms. The summed E-state index contributed by atoms with van der Waals surface area (Å²) in [5.74, 6) is 13.4. The number of pyridine rings is 1. The van der Waals surface area contributed by atoms with E-state index in [0.717, 1.165) is 71.0 Å². The van der Waals surface area contributed by atoms with E-state index in [9.17, 15) is 0 Å². The average Bonchev–Trinajstić information content (AvgIpc) is 1.83. The van der Waals surface area contributed by atoms with Crippen molar-refractivity contribution < 1.29 is 0 Å². The third kappa shape index (κ3) is 71.2. The first-order valence-electron chi connectivity index (χ1n) is 47.6. The molecule has 1 aliphatic carbocycles. The molecule has 0 radical (unpaired) electrons. The second kappa shape index (κ2) is 89.1. The molecule has 2 aromatic heterocycles. The lowest BCUT2D eigenvalue weighted by molar-refractivity contribution is 0.279. The smallest absolute Gasteiger partial charge is 0.0453 e. The van der Waals surface area contributed by atoms with Crippen molar-refractivity contribution in [1.29, 1.82) is 0 Å². The summed E-state index contributed by atoms with van der Waals surface area (Å²) < 4.78 is 0. The van der Waals surface area contributed by atoms with Gasteiger partial charge in [0.15, 0.2) is 0 Å². The van der Waals surface area contributed by atoms with E-state index in [1.807, 2.05) is 99.8 Å². The highest BCUT2D eigenvalue weighted by Crippen LogP contribution is 2.30. The Kier molecular flexibility index (Phi) is 94.2. The van der Waals surface area contributed by atoms with Crippen LogP contribution in [0.1, 0.15) is 363 Å². The fourth-order valence-corrected chi connectivity index (χ4v) is 11.8. The number of nitrogens with one attached hydrogen (secondary N) is 2. The number of hydrogen-bond acceptors (Lipinski definition) is 2. The van der Waals surface area contributed by atoms with Crippen LogP contribution in [0.15, 0.2) is 243 Å². The van der Waals surface area contributed by atoms with Gasteiger partial charge in [0.05, 0.1) is 0 Å². The maximum atomic E-state index is 4.64. The normalized spacial score (nSPS) is 12.5. The van der Waals surface area contributed by atoms with Crippen molar-refractivity contribution in [2.45, 2.75) is 337 Å². The summed E-state index contributed by atoms with van der Waals surface area (Å²) in [6.07, 6.45) is 21.2. The van der Waals surface area contributed by atoms with Crippen LogP contribution in [-0.2, 0) is 12.8 Å². The Morgan fingerprint density at radius 3 is 0.775 bits per heavy atom. The molecule has 3 nitrogen and oxygen atoms in total. The summed E-state index contributed by atoms with van der Waals surface area (Å²) in [5.41, 5.74) is 11.2. The van der Waals surface area contributed by atoms with Crippen molar-refractivity contribution in [2.24, 2.45) is 71.0 Å². The van der Waals surface area contributed by atoms with Crippen molar-refractivity contribution in [3.8, 4) is 0 Å². The van der Waals surface area contributed by atoms with Gasteiger partial charge in [-0.05, 0) is 202 Å². The van der Waals surface area contributed by atoms with Gasteiger partial charge in [-0.2, -0.15) is 0 Å². The van der Waals surface area contributed by atoms with Crippen LogP contribution in [0.25, 0.3) is 10.9 Å². The Labute approximate surface area is 759 Å². The number of alkyl halides is 2. The minimum Gasteiger partial charge on any atom is -0.361 e. The second-order valence-electron chi connectivity index (χ2n) is 33.9. The lowest BCUT2D eigenvalue weighted by Crippen LogP contribution is -2.29. The molecule has 2 aliphatic rings. The minimum absolute atomic E-state index is 0.596. The zero-order chi connectivity index (χ0) is 93.2. The lowest BCUT2D eigenvalue weighted by atomic mass is 9.82. The van der Waals surface area contributed by atoms with E-state index in [0.29, 0.717) is 29.6 Å². The molecule has 4 unspecified atom stereocenters. The number of H-pyrrole nitrogens is 1. The molecule has 0 spiro atoms. The zero-order valence-corrected chi connectivity index (χ0v) is 86.9. The van der Waals surface area contributed by atoms with Crippen molar-refractivity contribution in [3.05, 3.63) is 282 Å². The number of fused-ring (bicyclic) bond motifs is 1. The quantitative estimate of drug-likeness (QED) is 0.0947. The first kappa shape index (κ1) is 127. The first-order valence-corrected chi connectivity index (χ1v) is 49.1. The molecule has 5 heteroatoms. The number of piperidine rings is 1. The van der Waals surface area contributed by atoms with Crippen LogP contribution in [-0.4, -0.2) is 35.8 Å². The molecule has 3 heterocycles. The van der Waals surface area contributed by atoms with Gasteiger partial charge in [-0.3, -0.25) is 4.98 Å². The molecular weight excluding hydrogens is 1490 g/mol. The Hall–Kier alpha value is -6.23. The van der Waals surface area contributed by atoms with Crippen LogP contribution >= 0.6 is 23.2 Å². The topological polar surface area (TPSA) is 40.7 Å². The Morgan fingerprint density at radius 1 is 0.292 bits per heavy atom. The largest absolute Gasteiger partial charge is 0.361 e. The highest BCUT2D eigenvalue weighted by atomic mass is 35.5. The third-order valence-corrected chi connectivity index (χ3v) is 21.3. The Morgan fingerprint density at radius 2 is 0.558 bits per heavy atom. The Balaban J connectivity index is -0.000000231. The molecular formula is C115H195Cl2N3. The van der Waals surface area contributed by atoms with Gasteiger partial charge in [0.2, 0.25) is 0 Å². The molecule has 0 bridgehead atoms. The van der Waals surface area contributed by atoms with E-state index >= 15 is 0 Å². The van der Waals surface area contributed by atoms with Gasteiger partial charge in [0.1, 0.15) is 0 Å². The van der Waals surface area contributed by atoms with Crippen molar-refractivity contribution in [1.82, 2.24) is 15.3 Å². The molecule has 2 N–H and O–H groups in total. The fourth-order valence-electron chi connectivity index (χ4n) is 11.8. The van der Waals surface area contributed by atoms with E-state index in [4.69, 9.17) is 0 Å². The number of para-hydroxylation sites is 1. The van der Waals surface area contributed by atoms with Crippen molar-refractivity contribution in [2.75, 3.05) is 25.9 Å². The van der Waals surface area contributed by atoms with Crippen LogP contribution in [0, 0.1) is 71.0 Å².